The average Bonchev–Trinajstić information content (AvgIpc) is 3.21. The third-order valence-corrected chi connectivity index (χ3v) is 4.77. The van der Waals surface area contributed by atoms with Crippen LogP contribution in [0.5, 0.6) is 0 Å². The van der Waals surface area contributed by atoms with E-state index >= 15 is 0 Å². The van der Waals surface area contributed by atoms with E-state index < -0.39 is 42.8 Å². The van der Waals surface area contributed by atoms with Gasteiger partial charge in [-0.1, -0.05) is 43.7 Å². The molecule has 1 aliphatic rings. The van der Waals surface area contributed by atoms with Crippen LogP contribution in [0.25, 0.3) is 0 Å². The maximum atomic E-state index is 13.0. The van der Waals surface area contributed by atoms with Gasteiger partial charge in [0.2, 0.25) is 0 Å². The highest BCUT2D eigenvalue weighted by atomic mass is 16.5. The Hall–Kier alpha value is -3.30. The van der Waals surface area contributed by atoms with Crippen molar-refractivity contribution in [1.29, 1.82) is 0 Å². The van der Waals surface area contributed by atoms with Gasteiger partial charge in [0, 0.05) is 6.54 Å². The molecule has 3 N–H and O–H groups in total. The molecular formula is C20H27N3O7. The van der Waals surface area contributed by atoms with Crippen molar-refractivity contribution in [1.82, 2.24) is 15.1 Å². The van der Waals surface area contributed by atoms with Crippen molar-refractivity contribution >= 4 is 24.1 Å². The molecule has 1 fully saturated rings. The minimum atomic E-state index is -1.27. The van der Waals surface area contributed by atoms with E-state index in [2.05, 4.69) is 5.32 Å². The Morgan fingerprint density at radius 1 is 1.23 bits per heavy atom. The smallest absolute Gasteiger partial charge is 0.409 e. The first kappa shape index (κ1) is 23.0. The number of hydrogen-bond acceptors (Lipinski definition) is 5. The summed E-state index contributed by atoms with van der Waals surface area (Å²) in [5, 5.41) is 21.2. The molecule has 1 aromatic carbocycles. The van der Waals surface area contributed by atoms with Crippen molar-refractivity contribution in [3.8, 4) is 0 Å². The Morgan fingerprint density at radius 2 is 1.93 bits per heavy atom. The first-order chi connectivity index (χ1) is 14.3. The number of carboxylic acid groups (broad SMARTS) is 2. The second kappa shape index (κ2) is 11.0. The standard InChI is InChI=1S/C20H27N3O7/c1-2-7-16(21-19(28)30-13-14-8-4-3-5-9-14)23(12-17(24)25)20(29)22-11-6-10-15(22)18(26)27/h3-5,8-9,15-16H,2,6-7,10-13H2,1H3,(H,21,28)(H,24,25)(H,26,27)/t15-,16?/m0/s1. The predicted octanol–water partition coefficient (Wildman–Crippen LogP) is 2.09. The van der Waals surface area contributed by atoms with Crippen LogP contribution in [0.1, 0.15) is 38.2 Å². The highest BCUT2D eigenvalue weighted by Crippen LogP contribution is 2.21. The van der Waals surface area contributed by atoms with Crippen LogP contribution < -0.4 is 5.32 Å². The first-order valence-corrected chi connectivity index (χ1v) is 9.82. The Bertz CT molecular complexity index is 756. The molecule has 1 unspecified atom stereocenters. The van der Waals surface area contributed by atoms with Crippen molar-refractivity contribution in [2.75, 3.05) is 13.1 Å². The number of carbonyl (C=O) groups is 4. The second-order valence-electron chi connectivity index (χ2n) is 7.00. The second-order valence-corrected chi connectivity index (χ2v) is 7.00. The predicted molar refractivity (Wildman–Crippen MR) is 106 cm³/mol. The van der Waals surface area contributed by atoms with Crippen LogP contribution in [0.4, 0.5) is 9.59 Å². The molecule has 2 rings (SSSR count). The number of carbonyl (C=O) groups excluding carboxylic acids is 2. The van der Waals surface area contributed by atoms with Gasteiger partial charge in [0.15, 0.2) is 0 Å². The Kier molecular flexibility index (Phi) is 8.45. The van der Waals surface area contributed by atoms with E-state index in [1.54, 1.807) is 24.3 Å². The lowest BCUT2D eigenvalue weighted by Crippen LogP contribution is -2.57. The summed E-state index contributed by atoms with van der Waals surface area (Å²) in [6.45, 7) is 1.38. The lowest BCUT2D eigenvalue weighted by atomic mass is 10.2. The van der Waals surface area contributed by atoms with Crippen molar-refractivity contribution in [2.45, 2.75) is 51.4 Å². The van der Waals surface area contributed by atoms with Gasteiger partial charge in [0.1, 0.15) is 25.4 Å². The maximum Gasteiger partial charge on any atom is 0.409 e. The van der Waals surface area contributed by atoms with E-state index in [4.69, 9.17) is 4.74 Å². The molecule has 0 saturated carbocycles. The highest BCUT2D eigenvalue weighted by Gasteiger charge is 2.39. The number of aliphatic carboxylic acids is 2. The molecule has 0 radical (unpaired) electrons. The normalized spacial score (nSPS) is 16.6. The van der Waals surface area contributed by atoms with Gasteiger partial charge in [-0.3, -0.25) is 9.69 Å². The molecule has 0 bridgehead atoms. The number of urea groups is 1. The van der Waals surface area contributed by atoms with E-state index in [0.29, 0.717) is 19.3 Å². The van der Waals surface area contributed by atoms with Crippen LogP contribution in [-0.4, -0.2) is 69.4 Å². The summed E-state index contributed by atoms with van der Waals surface area (Å²) in [5.41, 5.74) is 0.777. The minimum absolute atomic E-state index is 0.0195. The summed E-state index contributed by atoms with van der Waals surface area (Å²) in [7, 11) is 0. The number of nitrogens with zero attached hydrogens (tertiary/aromatic N) is 2. The minimum Gasteiger partial charge on any atom is -0.480 e. The molecule has 164 valence electrons. The zero-order valence-corrected chi connectivity index (χ0v) is 16.8. The van der Waals surface area contributed by atoms with Crippen molar-refractivity contribution in [2.24, 2.45) is 0 Å². The quantitative estimate of drug-likeness (QED) is 0.519. The fourth-order valence-electron chi connectivity index (χ4n) is 3.35. The number of carboxylic acids is 2. The third-order valence-electron chi connectivity index (χ3n) is 4.77. The molecule has 2 atom stereocenters. The zero-order chi connectivity index (χ0) is 22.1. The van der Waals surface area contributed by atoms with Crippen molar-refractivity contribution < 1.29 is 34.1 Å². The number of likely N-dealkylation sites (tertiary alicyclic amines) is 1. The van der Waals surface area contributed by atoms with Crippen LogP contribution in [0.2, 0.25) is 0 Å². The topological polar surface area (TPSA) is 136 Å². The summed E-state index contributed by atoms with van der Waals surface area (Å²) in [6, 6.07) is 7.27. The van der Waals surface area contributed by atoms with Gasteiger partial charge in [-0.05, 0) is 24.8 Å². The van der Waals surface area contributed by atoms with Gasteiger partial charge in [-0.25, -0.2) is 14.4 Å². The van der Waals surface area contributed by atoms with Crippen molar-refractivity contribution in [3.63, 3.8) is 0 Å². The first-order valence-electron chi connectivity index (χ1n) is 9.82. The van der Waals surface area contributed by atoms with Crippen molar-refractivity contribution in [3.05, 3.63) is 35.9 Å². The largest absolute Gasteiger partial charge is 0.480 e. The Labute approximate surface area is 174 Å². The van der Waals surface area contributed by atoms with E-state index in [0.717, 1.165) is 15.4 Å². The molecule has 1 saturated heterocycles. The highest BCUT2D eigenvalue weighted by molar-refractivity contribution is 5.86. The van der Waals surface area contributed by atoms with E-state index in [1.165, 1.54) is 0 Å². The number of rotatable bonds is 9. The molecule has 10 heteroatoms. The lowest BCUT2D eigenvalue weighted by Gasteiger charge is -2.35. The van der Waals surface area contributed by atoms with E-state index in [9.17, 15) is 29.4 Å². The molecule has 10 nitrogen and oxygen atoms in total. The average molecular weight is 421 g/mol. The number of alkyl carbamates (subject to hydrolysis) is 1. The molecule has 3 amide bonds. The molecule has 0 spiro atoms. The summed E-state index contributed by atoms with van der Waals surface area (Å²) < 4.78 is 5.18. The van der Waals surface area contributed by atoms with Crippen LogP contribution in [0.15, 0.2) is 30.3 Å². The molecule has 30 heavy (non-hydrogen) atoms. The van der Waals surface area contributed by atoms with Crippen LogP contribution in [-0.2, 0) is 20.9 Å². The SMILES string of the molecule is CCCC(NC(=O)OCc1ccccc1)N(CC(=O)O)C(=O)N1CCC[C@H]1C(=O)O. The zero-order valence-electron chi connectivity index (χ0n) is 16.8. The molecule has 1 heterocycles. The number of nitrogens with one attached hydrogen (secondary N) is 1. The Morgan fingerprint density at radius 3 is 2.53 bits per heavy atom. The maximum absolute atomic E-state index is 13.0. The monoisotopic (exact) mass is 421 g/mol. The van der Waals surface area contributed by atoms with Crippen LogP contribution in [0, 0.1) is 0 Å². The number of hydrogen-bond donors (Lipinski definition) is 3. The van der Waals surface area contributed by atoms with E-state index in [1.807, 2.05) is 13.0 Å². The summed E-state index contributed by atoms with van der Waals surface area (Å²) >= 11 is 0. The fourth-order valence-corrected chi connectivity index (χ4v) is 3.35. The lowest BCUT2D eigenvalue weighted by molar-refractivity contribution is -0.141. The van der Waals surface area contributed by atoms with Gasteiger partial charge in [0.25, 0.3) is 0 Å². The molecule has 1 aliphatic heterocycles. The summed E-state index contributed by atoms with van der Waals surface area (Å²) in [5.74, 6) is -2.41. The number of benzene rings is 1. The summed E-state index contributed by atoms with van der Waals surface area (Å²) in [6.07, 6.45) is -0.101. The van der Waals surface area contributed by atoms with E-state index in [-0.39, 0.29) is 19.6 Å². The van der Waals surface area contributed by atoms with Gasteiger partial charge < -0.3 is 25.2 Å². The molecule has 1 aromatic rings. The number of ether oxygens (including phenoxy) is 1. The molecule has 0 aromatic heterocycles. The molecule has 0 aliphatic carbocycles. The fraction of sp³-hybridized carbons (Fsp3) is 0.500. The van der Waals surface area contributed by atoms with Gasteiger partial charge in [0.05, 0.1) is 0 Å². The van der Waals surface area contributed by atoms with Crippen LogP contribution in [0.3, 0.4) is 0 Å². The van der Waals surface area contributed by atoms with Gasteiger partial charge in [-0.2, -0.15) is 0 Å². The molecular weight excluding hydrogens is 394 g/mol. The van der Waals surface area contributed by atoms with Gasteiger partial charge in [-0.15, -0.1) is 0 Å². The summed E-state index contributed by atoms with van der Waals surface area (Å²) in [4.78, 5) is 50.2. The third kappa shape index (κ3) is 6.36. The van der Waals surface area contributed by atoms with Gasteiger partial charge >= 0.3 is 24.1 Å². The van der Waals surface area contributed by atoms with Crippen LogP contribution >= 0.6 is 0 Å². The Balaban J connectivity index is 2.11. The number of amides is 3.